The number of ether oxygens (including phenoxy) is 1. The van der Waals surface area contributed by atoms with E-state index < -0.39 is 0 Å². The Kier molecular flexibility index (Phi) is 5.11. The zero-order valence-electron chi connectivity index (χ0n) is 14.0. The normalized spacial score (nSPS) is 15.3. The molecule has 0 fully saturated rings. The van der Waals surface area contributed by atoms with Crippen molar-refractivity contribution >= 4 is 11.6 Å². The molecule has 4 nitrogen and oxygen atoms in total. The van der Waals surface area contributed by atoms with Crippen molar-refractivity contribution in [2.75, 3.05) is 32.1 Å². The number of nitrogens with one attached hydrogen (secondary N) is 1. The summed E-state index contributed by atoms with van der Waals surface area (Å²) >= 11 is 0. The van der Waals surface area contributed by atoms with E-state index in [2.05, 4.69) is 33.4 Å². The molecule has 0 amide bonds. The molecule has 0 spiro atoms. The summed E-state index contributed by atoms with van der Waals surface area (Å²) in [6, 6.07) is 14.8. The number of fused-ring (bicyclic) bond motifs is 1. The Labute approximate surface area is 142 Å². The molecular formula is C19H22FN3O. The van der Waals surface area contributed by atoms with Gasteiger partial charge < -0.3 is 15.0 Å². The highest BCUT2D eigenvalue weighted by Crippen LogP contribution is 2.27. The van der Waals surface area contributed by atoms with Crippen LogP contribution in [0.3, 0.4) is 0 Å². The van der Waals surface area contributed by atoms with E-state index in [1.165, 1.54) is 23.4 Å². The van der Waals surface area contributed by atoms with Crippen LogP contribution >= 0.6 is 0 Å². The molecule has 0 aromatic heterocycles. The molecule has 0 aliphatic carbocycles. The summed E-state index contributed by atoms with van der Waals surface area (Å²) in [6.45, 7) is 1.47. The predicted molar refractivity (Wildman–Crippen MR) is 95.0 cm³/mol. The van der Waals surface area contributed by atoms with E-state index in [1.807, 2.05) is 6.07 Å². The van der Waals surface area contributed by atoms with Crippen molar-refractivity contribution in [3.63, 3.8) is 0 Å². The fourth-order valence-electron chi connectivity index (χ4n) is 3.05. The summed E-state index contributed by atoms with van der Waals surface area (Å²) in [5.74, 6) is 0.579. The van der Waals surface area contributed by atoms with E-state index in [-0.39, 0.29) is 11.9 Å². The lowest BCUT2D eigenvalue weighted by Crippen LogP contribution is -2.42. The lowest BCUT2D eigenvalue weighted by atomic mass is 10.1. The molecule has 5 heteroatoms. The summed E-state index contributed by atoms with van der Waals surface area (Å²) in [5.41, 5.74) is 3.47. The summed E-state index contributed by atoms with van der Waals surface area (Å²) in [5, 5.41) is 3.37. The van der Waals surface area contributed by atoms with Crippen LogP contribution in [0.4, 0.5) is 10.1 Å². The molecule has 2 aromatic rings. The monoisotopic (exact) mass is 327 g/mol. The third-order valence-electron chi connectivity index (χ3n) is 4.33. The van der Waals surface area contributed by atoms with Crippen molar-refractivity contribution in [2.45, 2.75) is 12.5 Å². The minimum Gasteiger partial charge on any atom is -0.375 e. The third-order valence-corrected chi connectivity index (χ3v) is 4.33. The molecular weight excluding hydrogens is 305 g/mol. The summed E-state index contributed by atoms with van der Waals surface area (Å²) in [4.78, 5) is 6.59. The highest BCUT2D eigenvalue weighted by Gasteiger charge is 2.23. The molecule has 0 bridgehead atoms. The number of rotatable bonds is 4. The highest BCUT2D eigenvalue weighted by atomic mass is 19.1. The number of halogens is 1. The molecule has 2 aromatic carbocycles. The van der Waals surface area contributed by atoms with Gasteiger partial charge >= 0.3 is 0 Å². The second kappa shape index (κ2) is 7.45. The predicted octanol–water partition coefficient (Wildman–Crippen LogP) is 3.15. The molecule has 1 heterocycles. The van der Waals surface area contributed by atoms with E-state index >= 15 is 0 Å². The minimum absolute atomic E-state index is 0.166. The number of methoxy groups -OCH3 is 1. The number of guanidine groups is 1. The fourth-order valence-corrected chi connectivity index (χ4v) is 3.05. The molecule has 1 aliphatic heterocycles. The Morgan fingerprint density at radius 3 is 2.71 bits per heavy atom. The molecule has 0 saturated heterocycles. The Morgan fingerprint density at radius 2 is 2.00 bits per heavy atom. The van der Waals surface area contributed by atoms with Crippen LogP contribution in [-0.4, -0.2) is 33.2 Å². The summed E-state index contributed by atoms with van der Waals surface area (Å²) < 4.78 is 18.6. The number of hydrogen-bond acceptors (Lipinski definition) is 2. The van der Waals surface area contributed by atoms with Gasteiger partial charge in [-0.15, -0.1) is 0 Å². The third kappa shape index (κ3) is 3.41. The van der Waals surface area contributed by atoms with Crippen LogP contribution in [0.25, 0.3) is 0 Å². The van der Waals surface area contributed by atoms with E-state index in [4.69, 9.17) is 4.74 Å². The van der Waals surface area contributed by atoms with Gasteiger partial charge in [-0.05, 0) is 35.7 Å². The Hall–Kier alpha value is -2.40. The first kappa shape index (κ1) is 16.5. The molecule has 1 atom stereocenters. The maximum atomic E-state index is 13.1. The van der Waals surface area contributed by atoms with Gasteiger partial charge in [0.25, 0.3) is 0 Å². The first-order valence-corrected chi connectivity index (χ1v) is 8.07. The molecule has 3 rings (SSSR count). The van der Waals surface area contributed by atoms with Crippen LogP contribution in [0.15, 0.2) is 53.5 Å². The average molecular weight is 327 g/mol. The van der Waals surface area contributed by atoms with Gasteiger partial charge in [0.1, 0.15) is 5.82 Å². The number of nitrogens with zero attached hydrogens (tertiary/aromatic N) is 2. The van der Waals surface area contributed by atoms with Gasteiger partial charge in [-0.3, -0.25) is 4.99 Å². The van der Waals surface area contributed by atoms with E-state index in [9.17, 15) is 4.39 Å². The van der Waals surface area contributed by atoms with Crippen LogP contribution in [0.2, 0.25) is 0 Å². The molecule has 1 aliphatic rings. The average Bonchev–Trinajstić information content (AvgIpc) is 3.04. The van der Waals surface area contributed by atoms with Gasteiger partial charge in [0.05, 0.1) is 6.10 Å². The number of aliphatic imine (C=N–C) groups is 1. The topological polar surface area (TPSA) is 36.9 Å². The quantitative estimate of drug-likeness (QED) is 0.692. The van der Waals surface area contributed by atoms with Gasteiger partial charge in [-0.25, -0.2) is 4.39 Å². The minimum atomic E-state index is -0.244. The second-order valence-electron chi connectivity index (χ2n) is 5.73. The van der Waals surface area contributed by atoms with E-state index in [0.29, 0.717) is 6.54 Å². The zero-order valence-corrected chi connectivity index (χ0v) is 14.0. The molecule has 1 unspecified atom stereocenters. The maximum Gasteiger partial charge on any atom is 0.198 e. The molecule has 1 N–H and O–H groups in total. The molecule has 0 saturated carbocycles. The van der Waals surface area contributed by atoms with Crippen molar-refractivity contribution in [3.8, 4) is 0 Å². The lowest BCUT2D eigenvalue weighted by molar-refractivity contribution is 0.106. The molecule has 0 radical (unpaired) electrons. The van der Waals surface area contributed by atoms with Crippen molar-refractivity contribution in [1.29, 1.82) is 0 Å². The van der Waals surface area contributed by atoms with Crippen LogP contribution in [-0.2, 0) is 11.2 Å². The van der Waals surface area contributed by atoms with Gasteiger partial charge in [0.15, 0.2) is 5.96 Å². The van der Waals surface area contributed by atoms with E-state index in [0.717, 1.165) is 24.5 Å². The van der Waals surface area contributed by atoms with Crippen molar-refractivity contribution in [3.05, 3.63) is 65.5 Å². The maximum absolute atomic E-state index is 13.1. The number of anilines is 1. The summed E-state index contributed by atoms with van der Waals surface area (Å²) in [6.07, 6.45) is 0.850. The number of benzene rings is 2. The fraction of sp³-hybridized carbons (Fsp3) is 0.316. The SMILES string of the molecule is CN=C(NCC(OC)c1ccc(F)cc1)N1CCc2ccccc21. The second-order valence-corrected chi connectivity index (χ2v) is 5.73. The van der Waals surface area contributed by atoms with Crippen molar-refractivity contribution in [1.82, 2.24) is 5.32 Å². The van der Waals surface area contributed by atoms with Gasteiger partial charge in [-0.2, -0.15) is 0 Å². The standard InChI is InChI=1S/C19H22FN3O/c1-21-19(23-12-11-14-5-3-4-6-17(14)23)22-13-18(24-2)15-7-9-16(20)10-8-15/h3-10,18H,11-13H2,1-2H3,(H,21,22). The van der Waals surface area contributed by atoms with Crippen LogP contribution in [0.5, 0.6) is 0 Å². The highest BCUT2D eigenvalue weighted by molar-refractivity contribution is 5.97. The Bertz CT molecular complexity index is 715. The molecule has 126 valence electrons. The van der Waals surface area contributed by atoms with E-state index in [1.54, 1.807) is 26.3 Å². The van der Waals surface area contributed by atoms with Crippen LogP contribution in [0.1, 0.15) is 17.2 Å². The largest absolute Gasteiger partial charge is 0.375 e. The smallest absolute Gasteiger partial charge is 0.198 e. The summed E-state index contributed by atoms with van der Waals surface area (Å²) in [7, 11) is 3.44. The van der Waals surface area contributed by atoms with Crippen LogP contribution in [0, 0.1) is 5.82 Å². The van der Waals surface area contributed by atoms with Gasteiger partial charge in [0.2, 0.25) is 0 Å². The van der Waals surface area contributed by atoms with Gasteiger partial charge in [0, 0.05) is 32.9 Å². The zero-order chi connectivity index (χ0) is 16.9. The molecule has 24 heavy (non-hydrogen) atoms. The number of hydrogen-bond donors (Lipinski definition) is 1. The van der Waals surface area contributed by atoms with Gasteiger partial charge in [-0.1, -0.05) is 30.3 Å². The number of para-hydroxylation sites is 1. The van der Waals surface area contributed by atoms with Crippen molar-refractivity contribution in [2.24, 2.45) is 4.99 Å². The Morgan fingerprint density at radius 1 is 1.25 bits per heavy atom. The van der Waals surface area contributed by atoms with Crippen LogP contribution < -0.4 is 10.2 Å². The Balaban J connectivity index is 1.69. The first-order chi connectivity index (χ1) is 11.7. The van der Waals surface area contributed by atoms with Crippen molar-refractivity contribution < 1.29 is 9.13 Å². The lowest BCUT2D eigenvalue weighted by Gasteiger charge is -2.24. The first-order valence-electron chi connectivity index (χ1n) is 8.07.